The van der Waals surface area contributed by atoms with E-state index in [4.69, 9.17) is 9.15 Å². The summed E-state index contributed by atoms with van der Waals surface area (Å²) in [6.07, 6.45) is 4.10. The highest BCUT2D eigenvalue weighted by atomic mass is 16.5. The standard InChI is InChI=1S/C24H29NO2/c1-19(2)27-23-12-10-21(11-13-23)18-25-15-14-22(24-9-6-16-26-24)17-20-7-4-3-5-8-20/h3-13,16,19,22,25H,14-15,17-18H2,1-2H3/p+1/t22-/m1/s1. The van der Waals surface area contributed by atoms with E-state index >= 15 is 0 Å². The molecule has 3 rings (SSSR count). The third-order valence-corrected chi connectivity index (χ3v) is 4.66. The molecule has 0 aliphatic carbocycles. The van der Waals surface area contributed by atoms with Crippen LogP contribution >= 0.6 is 0 Å². The van der Waals surface area contributed by atoms with E-state index in [1.165, 1.54) is 11.1 Å². The van der Waals surface area contributed by atoms with E-state index in [9.17, 15) is 0 Å². The zero-order valence-electron chi connectivity index (χ0n) is 16.3. The average Bonchev–Trinajstić information content (AvgIpc) is 3.20. The lowest BCUT2D eigenvalue weighted by atomic mass is 9.94. The van der Waals surface area contributed by atoms with Gasteiger partial charge in [0, 0.05) is 17.9 Å². The van der Waals surface area contributed by atoms with Crippen LogP contribution in [-0.4, -0.2) is 12.6 Å². The molecule has 3 aromatic rings. The van der Waals surface area contributed by atoms with Gasteiger partial charge in [-0.05, 0) is 62.2 Å². The molecule has 0 amide bonds. The fraction of sp³-hybridized carbons (Fsp3) is 0.333. The molecular weight excluding hydrogens is 334 g/mol. The molecule has 0 radical (unpaired) electrons. The van der Waals surface area contributed by atoms with Crippen molar-refractivity contribution in [2.45, 2.75) is 45.3 Å². The number of quaternary nitrogens is 1. The number of rotatable bonds is 10. The van der Waals surface area contributed by atoms with Crippen LogP contribution in [0.4, 0.5) is 0 Å². The van der Waals surface area contributed by atoms with Gasteiger partial charge in [0.1, 0.15) is 18.1 Å². The van der Waals surface area contributed by atoms with Crippen LogP contribution in [0, 0.1) is 0 Å². The molecule has 0 saturated heterocycles. The van der Waals surface area contributed by atoms with Gasteiger partial charge in [0.05, 0.1) is 18.9 Å². The molecule has 2 N–H and O–H groups in total. The van der Waals surface area contributed by atoms with E-state index in [1.54, 1.807) is 6.26 Å². The summed E-state index contributed by atoms with van der Waals surface area (Å²) in [5.41, 5.74) is 2.68. The maximum Gasteiger partial charge on any atom is 0.119 e. The molecule has 1 atom stereocenters. The Hall–Kier alpha value is -2.52. The summed E-state index contributed by atoms with van der Waals surface area (Å²) in [5.74, 6) is 2.44. The van der Waals surface area contributed by atoms with Gasteiger partial charge in [0.25, 0.3) is 0 Å². The summed E-state index contributed by atoms with van der Waals surface area (Å²) < 4.78 is 11.4. The number of benzene rings is 2. The summed E-state index contributed by atoms with van der Waals surface area (Å²) in [7, 11) is 0. The van der Waals surface area contributed by atoms with E-state index in [-0.39, 0.29) is 6.10 Å². The van der Waals surface area contributed by atoms with Gasteiger partial charge in [-0.1, -0.05) is 30.3 Å². The summed E-state index contributed by atoms with van der Waals surface area (Å²) in [6.45, 7) is 6.15. The van der Waals surface area contributed by atoms with Crippen LogP contribution in [0.25, 0.3) is 0 Å². The number of hydrogen-bond donors (Lipinski definition) is 1. The third kappa shape index (κ3) is 6.30. The van der Waals surface area contributed by atoms with Gasteiger partial charge in [-0.3, -0.25) is 0 Å². The second kappa shape index (κ2) is 9.98. The molecule has 0 aliphatic rings. The number of furan rings is 1. The van der Waals surface area contributed by atoms with E-state index in [1.807, 2.05) is 19.9 Å². The predicted molar refractivity (Wildman–Crippen MR) is 109 cm³/mol. The molecule has 0 aliphatic heterocycles. The predicted octanol–water partition coefficient (Wildman–Crippen LogP) is 4.55. The van der Waals surface area contributed by atoms with E-state index < -0.39 is 0 Å². The van der Waals surface area contributed by atoms with E-state index in [0.29, 0.717) is 5.92 Å². The Morgan fingerprint density at radius 3 is 2.33 bits per heavy atom. The van der Waals surface area contributed by atoms with Gasteiger partial charge in [-0.25, -0.2) is 0 Å². The molecule has 1 heterocycles. The molecule has 3 heteroatoms. The first-order valence-electron chi connectivity index (χ1n) is 9.85. The lowest BCUT2D eigenvalue weighted by Crippen LogP contribution is -2.82. The summed E-state index contributed by atoms with van der Waals surface area (Å²) >= 11 is 0. The average molecular weight is 365 g/mol. The molecule has 0 spiro atoms. The van der Waals surface area contributed by atoms with Crippen molar-refractivity contribution in [3.8, 4) is 5.75 Å². The van der Waals surface area contributed by atoms with Crippen LogP contribution in [0.5, 0.6) is 5.75 Å². The summed E-state index contributed by atoms with van der Waals surface area (Å²) in [4.78, 5) is 0. The molecule has 0 saturated carbocycles. The van der Waals surface area contributed by atoms with Gasteiger partial charge in [-0.2, -0.15) is 0 Å². The van der Waals surface area contributed by atoms with Crippen LogP contribution in [0.3, 0.4) is 0 Å². The molecular formula is C24H30NO2+. The normalized spacial score (nSPS) is 12.3. The summed E-state index contributed by atoms with van der Waals surface area (Å²) in [6, 6.07) is 23.2. The van der Waals surface area contributed by atoms with Crippen molar-refractivity contribution in [3.05, 3.63) is 89.9 Å². The zero-order valence-corrected chi connectivity index (χ0v) is 16.3. The van der Waals surface area contributed by atoms with Gasteiger partial charge in [-0.15, -0.1) is 0 Å². The molecule has 0 bridgehead atoms. The third-order valence-electron chi connectivity index (χ3n) is 4.66. The molecule has 142 valence electrons. The molecule has 3 nitrogen and oxygen atoms in total. The van der Waals surface area contributed by atoms with Crippen LogP contribution < -0.4 is 10.1 Å². The minimum atomic E-state index is 0.213. The zero-order chi connectivity index (χ0) is 18.9. The van der Waals surface area contributed by atoms with E-state index in [0.717, 1.165) is 37.4 Å². The van der Waals surface area contributed by atoms with Crippen LogP contribution in [0.2, 0.25) is 0 Å². The highest BCUT2D eigenvalue weighted by Gasteiger charge is 2.16. The molecule has 27 heavy (non-hydrogen) atoms. The lowest BCUT2D eigenvalue weighted by molar-refractivity contribution is -0.671. The van der Waals surface area contributed by atoms with Crippen molar-refractivity contribution in [1.82, 2.24) is 0 Å². The lowest BCUT2D eigenvalue weighted by Gasteiger charge is -2.14. The van der Waals surface area contributed by atoms with Crippen molar-refractivity contribution in [2.24, 2.45) is 0 Å². The fourth-order valence-corrected chi connectivity index (χ4v) is 3.33. The van der Waals surface area contributed by atoms with Crippen molar-refractivity contribution in [1.29, 1.82) is 0 Å². The maximum absolute atomic E-state index is 5.70. The molecule has 0 unspecified atom stereocenters. The minimum Gasteiger partial charge on any atom is -0.491 e. The summed E-state index contributed by atoms with van der Waals surface area (Å²) in [5, 5.41) is 2.37. The quantitative estimate of drug-likeness (QED) is 0.536. The monoisotopic (exact) mass is 364 g/mol. The molecule has 1 aromatic heterocycles. The Morgan fingerprint density at radius 2 is 1.67 bits per heavy atom. The number of hydrogen-bond acceptors (Lipinski definition) is 2. The molecule has 0 fully saturated rings. The van der Waals surface area contributed by atoms with Crippen molar-refractivity contribution < 1.29 is 14.5 Å². The van der Waals surface area contributed by atoms with Crippen molar-refractivity contribution in [2.75, 3.05) is 6.54 Å². The van der Waals surface area contributed by atoms with Crippen LogP contribution in [0.15, 0.2) is 77.4 Å². The number of nitrogens with two attached hydrogens (primary N) is 1. The first-order valence-corrected chi connectivity index (χ1v) is 9.85. The topological polar surface area (TPSA) is 39.0 Å². The Bertz CT molecular complexity index is 764. The maximum atomic E-state index is 5.70. The first-order chi connectivity index (χ1) is 13.2. The number of ether oxygens (including phenoxy) is 1. The molecule has 2 aromatic carbocycles. The van der Waals surface area contributed by atoms with Gasteiger partial charge in [0.2, 0.25) is 0 Å². The highest BCUT2D eigenvalue weighted by Crippen LogP contribution is 2.24. The smallest absolute Gasteiger partial charge is 0.119 e. The fourth-order valence-electron chi connectivity index (χ4n) is 3.33. The Labute approximate surface area is 162 Å². The SMILES string of the molecule is CC(C)Oc1ccc(C[NH2+]CC[C@H](Cc2ccccc2)c2ccco2)cc1. The van der Waals surface area contributed by atoms with Crippen molar-refractivity contribution in [3.63, 3.8) is 0 Å². The van der Waals surface area contributed by atoms with Gasteiger partial charge < -0.3 is 14.5 Å². The largest absolute Gasteiger partial charge is 0.491 e. The Morgan fingerprint density at radius 1 is 0.889 bits per heavy atom. The second-order valence-electron chi connectivity index (χ2n) is 7.28. The van der Waals surface area contributed by atoms with Gasteiger partial charge >= 0.3 is 0 Å². The van der Waals surface area contributed by atoms with E-state index in [2.05, 4.69) is 66.0 Å². The van der Waals surface area contributed by atoms with Gasteiger partial charge in [0.15, 0.2) is 0 Å². The first kappa shape index (κ1) is 19.2. The van der Waals surface area contributed by atoms with Crippen molar-refractivity contribution >= 4 is 0 Å². The van der Waals surface area contributed by atoms with Crippen LogP contribution in [0.1, 0.15) is 43.1 Å². The Kier molecular flexibility index (Phi) is 7.11. The van der Waals surface area contributed by atoms with Crippen LogP contribution in [-0.2, 0) is 13.0 Å². The highest BCUT2D eigenvalue weighted by molar-refractivity contribution is 5.26. The Balaban J connectivity index is 1.49. The minimum absolute atomic E-state index is 0.213. The second-order valence-corrected chi connectivity index (χ2v) is 7.28.